The average molecular weight is 303 g/mol. The summed E-state index contributed by atoms with van der Waals surface area (Å²) < 4.78 is 10.7. The smallest absolute Gasteiger partial charge is 0.227 e. The molecule has 0 radical (unpaired) electrons. The van der Waals surface area contributed by atoms with E-state index in [9.17, 15) is 4.79 Å². The molecule has 0 saturated heterocycles. The molecule has 6 heteroatoms. The lowest BCUT2D eigenvalue weighted by molar-refractivity contribution is -0.118. The van der Waals surface area contributed by atoms with Gasteiger partial charge in [-0.15, -0.1) is 12.4 Å². The van der Waals surface area contributed by atoms with Crippen molar-refractivity contribution in [3.05, 3.63) is 24.3 Å². The van der Waals surface area contributed by atoms with E-state index in [2.05, 4.69) is 5.32 Å². The number of methoxy groups -OCH3 is 1. The van der Waals surface area contributed by atoms with Crippen LogP contribution in [0.5, 0.6) is 5.75 Å². The van der Waals surface area contributed by atoms with Gasteiger partial charge >= 0.3 is 0 Å². The van der Waals surface area contributed by atoms with Gasteiger partial charge in [0.15, 0.2) is 0 Å². The summed E-state index contributed by atoms with van der Waals surface area (Å²) in [7, 11) is 1.54. The second-order valence-electron chi connectivity index (χ2n) is 4.19. The molecule has 0 bridgehead atoms. The van der Waals surface area contributed by atoms with E-state index in [0.29, 0.717) is 24.6 Å². The summed E-state index contributed by atoms with van der Waals surface area (Å²) in [6.07, 6.45) is 0.889. The van der Waals surface area contributed by atoms with E-state index in [4.69, 9.17) is 15.2 Å². The van der Waals surface area contributed by atoms with Gasteiger partial charge in [0.05, 0.1) is 24.8 Å². The quantitative estimate of drug-likeness (QED) is 0.772. The first kappa shape index (κ1) is 18.7. The molecule has 0 heterocycles. The molecule has 1 unspecified atom stereocenters. The van der Waals surface area contributed by atoms with Crippen molar-refractivity contribution >= 4 is 24.0 Å². The highest BCUT2D eigenvalue weighted by Crippen LogP contribution is 2.24. The lowest BCUT2D eigenvalue weighted by atomic mass is 10.2. The van der Waals surface area contributed by atoms with Crippen molar-refractivity contribution in [3.8, 4) is 5.75 Å². The summed E-state index contributed by atoms with van der Waals surface area (Å²) in [6.45, 7) is 2.97. The first-order valence-electron chi connectivity index (χ1n) is 6.45. The van der Waals surface area contributed by atoms with Gasteiger partial charge in [-0.3, -0.25) is 4.79 Å². The van der Waals surface area contributed by atoms with Crippen LogP contribution in [0, 0.1) is 0 Å². The van der Waals surface area contributed by atoms with Crippen LogP contribution in [0.2, 0.25) is 0 Å². The van der Waals surface area contributed by atoms with Crippen LogP contribution >= 0.6 is 12.4 Å². The standard InChI is InChI=1S/C14H22N2O3.ClH/c1-3-8-19-13-7-5-4-6-12(13)16-14(17)9-11(10-15)18-2;/h4-7,11H,3,8-10,15H2,1-2H3,(H,16,17);1H. The fourth-order valence-electron chi connectivity index (χ4n) is 1.58. The zero-order chi connectivity index (χ0) is 14.1. The van der Waals surface area contributed by atoms with E-state index in [1.165, 1.54) is 0 Å². The largest absolute Gasteiger partial charge is 0.491 e. The number of nitrogens with two attached hydrogens (primary N) is 1. The Kier molecular flexibility index (Phi) is 9.80. The summed E-state index contributed by atoms with van der Waals surface area (Å²) in [6, 6.07) is 7.37. The summed E-state index contributed by atoms with van der Waals surface area (Å²) in [5.41, 5.74) is 6.16. The Balaban J connectivity index is 0.00000361. The average Bonchev–Trinajstić information content (AvgIpc) is 2.43. The van der Waals surface area contributed by atoms with Crippen LogP contribution in [-0.2, 0) is 9.53 Å². The minimum atomic E-state index is -0.260. The first-order chi connectivity index (χ1) is 9.21. The number of halogens is 1. The highest BCUT2D eigenvalue weighted by molar-refractivity contribution is 5.92. The SMILES string of the molecule is CCCOc1ccccc1NC(=O)CC(CN)OC.Cl. The molecule has 0 saturated carbocycles. The third kappa shape index (κ3) is 6.23. The molecule has 0 spiro atoms. The number of ether oxygens (including phenoxy) is 2. The maximum atomic E-state index is 11.9. The number of nitrogens with one attached hydrogen (secondary N) is 1. The van der Waals surface area contributed by atoms with Crippen molar-refractivity contribution < 1.29 is 14.3 Å². The number of para-hydroxylation sites is 2. The van der Waals surface area contributed by atoms with Crippen molar-refractivity contribution in [1.29, 1.82) is 0 Å². The first-order valence-corrected chi connectivity index (χ1v) is 6.45. The van der Waals surface area contributed by atoms with Crippen molar-refractivity contribution in [2.45, 2.75) is 25.9 Å². The van der Waals surface area contributed by atoms with E-state index >= 15 is 0 Å². The fraction of sp³-hybridized carbons (Fsp3) is 0.500. The van der Waals surface area contributed by atoms with Crippen LogP contribution < -0.4 is 15.8 Å². The third-order valence-electron chi connectivity index (χ3n) is 2.63. The molecule has 1 rings (SSSR count). The predicted octanol–water partition coefficient (Wildman–Crippen LogP) is 2.20. The van der Waals surface area contributed by atoms with Crippen LogP contribution in [0.25, 0.3) is 0 Å². The maximum absolute atomic E-state index is 11.9. The molecule has 1 atom stereocenters. The Morgan fingerprint density at radius 3 is 2.70 bits per heavy atom. The molecule has 114 valence electrons. The molecule has 1 amide bonds. The second kappa shape index (κ2) is 10.5. The van der Waals surface area contributed by atoms with E-state index in [1.54, 1.807) is 7.11 Å². The van der Waals surface area contributed by atoms with Gasteiger partial charge in [-0.05, 0) is 18.6 Å². The van der Waals surface area contributed by atoms with Crippen molar-refractivity contribution in [3.63, 3.8) is 0 Å². The molecule has 0 aliphatic carbocycles. The highest BCUT2D eigenvalue weighted by Gasteiger charge is 2.13. The number of carbonyl (C=O) groups is 1. The van der Waals surface area contributed by atoms with Crippen molar-refractivity contribution in [1.82, 2.24) is 0 Å². The monoisotopic (exact) mass is 302 g/mol. The lowest BCUT2D eigenvalue weighted by Gasteiger charge is -2.14. The molecule has 1 aromatic rings. The molecule has 1 aromatic carbocycles. The number of amides is 1. The van der Waals surface area contributed by atoms with Gasteiger partial charge in [-0.25, -0.2) is 0 Å². The molecule has 0 fully saturated rings. The Morgan fingerprint density at radius 2 is 2.10 bits per heavy atom. The van der Waals surface area contributed by atoms with E-state index in [-0.39, 0.29) is 30.8 Å². The van der Waals surface area contributed by atoms with Crippen molar-refractivity contribution in [2.75, 3.05) is 25.6 Å². The Labute approximate surface area is 126 Å². The topological polar surface area (TPSA) is 73.6 Å². The Hall–Kier alpha value is -1.30. The predicted molar refractivity (Wildman–Crippen MR) is 82.6 cm³/mol. The third-order valence-corrected chi connectivity index (χ3v) is 2.63. The number of carbonyl (C=O) groups excluding carboxylic acids is 1. The van der Waals surface area contributed by atoms with Gasteiger partial charge in [-0.2, -0.15) is 0 Å². The van der Waals surface area contributed by atoms with E-state index < -0.39 is 0 Å². The molecule has 3 N–H and O–H groups in total. The van der Waals surface area contributed by atoms with Gasteiger partial charge in [0.2, 0.25) is 5.91 Å². The number of hydrogen-bond donors (Lipinski definition) is 2. The summed E-state index contributed by atoms with van der Waals surface area (Å²) in [5.74, 6) is 0.546. The van der Waals surface area contributed by atoms with E-state index in [0.717, 1.165) is 6.42 Å². The zero-order valence-corrected chi connectivity index (χ0v) is 12.7. The molecule has 0 aromatic heterocycles. The number of rotatable bonds is 8. The number of benzene rings is 1. The van der Waals surface area contributed by atoms with Crippen molar-refractivity contribution in [2.24, 2.45) is 5.73 Å². The van der Waals surface area contributed by atoms with Crippen LogP contribution in [-0.4, -0.2) is 32.3 Å². The van der Waals surface area contributed by atoms with Crippen LogP contribution in [0.4, 0.5) is 5.69 Å². The van der Waals surface area contributed by atoms with Crippen LogP contribution in [0.1, 0.15) is 19.8 Å². The van der Waals surface area contributed by atoms with Gasteiger partial charge in [-0.1, -0.05) is 19.1 Å². The van der Waals surface area contributed by atoms with Gasteiger partial charge in [0.1, 0.15) is 5.75 Å². The Bertz CT molecular complexity index is 398. The number of anilines is 1. The summed E-state index contributed by atoms with van der Waals surface area (Å²) >= 11 is 0. The zero-order valence-electron chi connectivity index (χ0n) is 11.9. The normalized spacial score (nSPS) is 11.3. The van der Waals surface area contributed by atoms with Gasteiger partial charge in [0.25, 0.3) is 0 Å². The van der Waals surface area contributed by atoms with Gasteiger partial charge < -0.3 is 20.5 Å². The van der Waals surface area contributed by atoms with E-state index in [1.807, 2.05) is 31.2 Å². The lowest BCUT2D eigenvalue weighted by Crippen LogP contribution is -2.28. The van der Waals surface area contributed by atoms with Crippen LogP contribution in [0.3, 0.4) is 0 Å². The number of hydrogen-bond acceptors (Lipinski definition) is 4. The summed E-state index contributed by atoms with van der Waals surface area (Å²) in [5, 5.41) is 2.82. The molecular weight excluding hydrogens is 280 g/mol. The minimum absolute atomic E-state index is 0. The molecule has 5 nitrogen and oxygen atoms in total. The second-order valence-corrected chi connectivity index (χ2v) is 4.19. The molecule has 0 aliphatic heterocycles. The minimum Gasteiger partial charge on any atom is -0.491 e. The van der Waals surface area contributed by atoms with Crippen LogP contribution in [0.15, 0.2) is 24.3 Å². The summed E-state index contributed by atoms with van der Waals surface area (Å²) in [4.78, 5) is 11.9. The van der Waals surface area contributed by atoms with Gasteiger partial charge in [0, 0.05) is 13.7 Å². The highest BCUT2D eigenvalue weighted by atomic mass is 35.5. The fourth-order valence-corrected chi connectivity index (χ4v) is 1.58. The molecule has 20 heavy (non-hydrogen) atoms. The maximum Gasteiger partial charge on any atom is 0.227 e. The molecular formula is C14H23ClN2O3. The Morgan fingerprint density at radius 1 is 1.40 bits per heavy atom. The molecule has 0 aliphatic rings.